The summed E-state index contributed by atoms with van der Waals surface area (Å²) in [5.74, 6) is -0.0858. The van der Waals surface area contributed by atoms with E-state index in [0.29, 0.717) is 5.56 Å². The van der Waals surface area contributed by atoms with E-state index >= 15 is 0 Å². The molecule has 1 heterocycles. The number of nitro benzene ring substituents is 1. The first-order chi connectivity index (χ1) is 13.0. The first-order valence-corrected chi connectivity index (χ1v) is 8.97. The fraction of sp³-hybridized carbons (Fsp3) is 0.250. The molecule has 6 nitrogen and oxygen atoms in total. The van der Waals surface area contributed by atoms with E-state index in [4.69, 9.17) is 16.3 Å². The highest BCUT2D eigenvalue weighted by Gasteiger charge is 2.39. The highest BCUT2D eigenvalue weighted by Crippen LogP contribution is 2.51. The lowest BCUT2D eigenvalue weighted by atomic mass is 9.76. The van der Waals surface area contributed by atoms with Crippen molar-refractivity contribution in [3.8, 4) is 0 Å². The number of nitrogens with one attached hydrogen (secondary N) is 1. The molecule has 0 unspecified atom stereocenters. The van der Waals surface area contributed by atoms with Crippen LogP contribution in [0, 0.1) is 16.0 Å². The SMILES string of the molecule is COC(=O)c1cccc2c1N[C@H](c1ccc(Cl)c([N+](=O)[O-])c1)[C@@H]1CC=C[C@@H]21. The van der Waals surface area contributed by atoms with Crippen molar-refractivity contribution in [2.24, 2.45) is 5.92 Å². The minimum absolute atomic E-state index is 0.108. The summed E-state index contributed by atoms with van der Waals surface area (Å²) in [4.78, 5) is 23.0. The smallest absolute Gasteiger partial charge is 0.339 e. The molecule has 0 saturated heterocycles. The van der Waals surface area contributed by atoms with Gasteiger partial charge in [-0.2, -0.15) is 0 Å². The summed E-state index contributed by atoms with van der Waals surface area (Å²) >= 11 is 5.97. The zero-order valence-electron chi connectivity index (χ0n) is 14.5. The number of benzene rings is 2. The maximum absolute atomic E-state index is 12.2. The molecule has 0 radical (unpaired) electrons. The number of para-hydroxylation sites is 1. The number of fused-ring (bicyclic) bond motifs is 3. The van der Waals surface area contributed by atoms with Crippen LogP contribution in [0.4, 0.5) is 11.4 Å². The van der Waals surface area contributed by atoms with Gasteiger partial charge in [0.05, 0.1) is 29.3 Å². The van der Waals surface area contributed by atoms with E-state index in [2.05, 4.69) is 17.5 Å². The van der Waals surface area contributed by atoms with Crippen LogP contribution in [0.5, 0.6) is 0 Å². The number of rotatable bonds is 3. The predicted molar refractivity (Wildman–Crippen MR) is 102 cm³/mol. The fourth-order valence-electron chi connectivity index (χ4n) is 4.09. The second-order valence-corrected chi connectivity index (χ2v) is 7.11. The van der Waals surface area contributed by atoms with Crippen molar-refractivity contribution in [1.29, 1.82) is 0 Å². The number of esters is 1. The molecule has 2 aliphatic rings. The van der Waals surface area contributed by atoms with Crippen LogP contribution in [0.1, 0.15) is 39.9 Å². The summed E-state index contributed by atoms with van der Waals surface area (Å²) < 4.78 is 4.92. The molecule has 27 heavy (non-hydrogen) atoms. The predicted octanol–water partition coefficient (Wildman–Crippen LogP) is 4.86. The molecule has 1 N–H and O–H groups in total. The average molecular weight is 385 g/mol. The summed E-state index contributed by atoms with van der Waals surface area (Å²) in [7, 11) is 1.35. The number of carbonyl (C=O) groups excluding carboxylic acids is 1. The molecule has 138 valence electrons. The Morgan fingerprint density at radius 1 is 1.33 bits per heavy atom. The quantitative estimate of drug-likeness (QED) is 0.353. The summed E-state index contributed by atoms with van der Waals surface area (Å²) in [5, 5.41) is 14.8. The molecule has 0 saturated carbocycles. The molecule has 1 aliphatic carbocycles. The van der Waals surface area contributed by atoms with E-state index < -0.39 is 10.9 Å². The highest BCUT2D eigenvalue weighted by molar-refractivity contribution is 6.32. The van der Waals surface area contributed by atoms with E-state index in [1.54, 1.807) is 18.2 Å². The van der Waals surface area contributed by atoms with Gasteiger partial charge in [0.25, 0.3) is 5.69 Å². The number of hydrogen-bond donors (Lipinski definition) is 1. The first-order valence-electron chi connectivity index (χ1n) is 8.59. The maximum atomic E-state index is 12.2. The molecule has 0 aromatic heterocycles. The molecule has 0 bridgehead atoms. The number of ether oxygens (including phenoxy) is 1. The third-order valence-corrected chi connectivity index (χ3v) is 5.65. The number of methoxy groups -OCH3 is 1. The number of hydrogen-bond acceptors (Lipinski definition) is 5. The highest BCUT2D eigenvalue weighted by atomic mass is 35.5. The molecule has 0 spiro atoms. The molecular weight excluding hydrogens is 368 g/mol. The molecule has 0 amide bonds. The summed E-state index contributed by atoms with van der Waals surface area (Å²) in [6.45, 7) is 0. The van der Waals surface area contributed by atoms with Crippen LogP contribution in [-0.2, 0) is 4.74 Å². The standard InChI is InChI=1S/C20H17ClN2O4/c1-27-20(24)15-7-3-6-14-12-4-2-5-13(12)18(22-19(14)15)11-8-9-16(21)17(10-11)23(25)26/h2-4,6-10,12-13,18,22H,5H2,1H3/t12-,13-,18-/m1/s1. The third kappa shape index (κ3) is 2.86. The maximum Gasteiger partial charge on any atom is 0.339 e. The molecule has 1 aliphatic heterocycles. The van der Waals surface area contributed by atoms with Crippen molar-refractivity contribution in [3.05, 3.63) is 80.4 Å². The van der Waals surface area contributed by atoms with Gasteiger partial charge in [0.15, 0.2) is 0 Å². The number of anilines is 1. The number of halogens is 1. The van der Waals surface area contributed by atoms with Gasteiger partial charge in [-0.1, -0.05) is 42.0 Å². The van der Waals surface area contributed by atoms with E-state index in [-0.39, 0.29) is 28.6 Å². The van der Waals surface area contributed by atoms with Crippen molar-refractivity contribution < 1.29 is 14.5 Å². The van der Waals surface area contributed by atoms with Crippen LogP contribution >= 0.6 is 11.6 Å². The molecule has 3 atom stereocenters. The minimum Gasteiger partial charge on any atom is -0.465 e. The Morgan fingerprint density at radius 3 is 2.89 bits per heavy atom. The second kappa shape index (κ2) is 6.70. The number of allylic oxidation sites excluding steroid dienone is 2. The summed E-state index contributed by atoms with van der Waals surface area (Å²) in [5.41, 5.74) is 2.87. The van der Waals surface area contributed by atoms with Gasteiger partial charge < -0.3 is 10.1 Å². The second-order valence-electron chi connectivity index (χ2n) is 6.70. The lowest BCUT2D eigenvalue weighted by molar-refractivity contribution is -0.384. The first kappa shape index (κ1) is 17.5. The van der Waals surface area contributed by atoms with Gasteiger partial charge in [0, 0.05) is 12.0 Å². The lowest BCUT2D eigenvalue weighted by Crippen LogP contribution is -2.30. The van der Waals surface area contributed by atoms with Gasteiger partial charge in [0.2, 0.25) is 0 Å². The van der Waals surface area contributed by atoms with Crippen LogP contribution in [0.25, 0.3) is 0 Å². The average Bonchev–Trinajstić information content (AvgIpc) is 3.16. The van der Waals surface area contributed by atoms with Crippen molar-refractivity contribution in [2.75, 3.05) is 12.4 Å². The number of nitrogens with zero attached hydrogens (tertiary/aromatic N) is 1. The van der Waals surface area contributed by atoms with Crippen molar-refractivity contribution in [3.63, 3.8) is 0 Å². The van der Waals surface area contributed by atoms with Crippen LogP contribution in [-0.4, -0.2) is 18.0 Å². The van der Waals surface area contributed by atoms with Crippen LogP contribution in [0.3, 0.4) is 0 Å². The molecule has 7 heteroatoms. The third-order valence-electron chi connectivity index (χ3n) is 5.33. The van der Waals surface area contributed by atoms with Gasteiger partial charge in [-0.3, -0.25) is 10.1 Å². The van der Waals surface area contributed by atoms with Gasteiger partial charge in [-0.05, 0) is 35.6 Å². The molecule has 4 rings (SSSR count). The van der Waals surface area contributed by atoms with Crippen molar-refractivity contribution >= 4 is 28.9 Å². The van der Waals surface area contributed by atoms with Crippen LogP contribution in [0.2, 0.25) is 5.02 Å². The number of carbonyl (C=O) groups is 1. The van der Waals surface area contributed by atoms with Gasteiger partial charge >= 0.3 is 5.97 Å². The zero-order chi connectivity index (χ0) is 19.1. The summed E-state index contributed by atoms with van der Waals surface area (Å²) in [6.07, 6.45) is 5.11. The zero-order valence-corrected chi connectivity index (χ0v) is 15.3. The lowest BCUT2D eigenvalue weighted by Gasteiger charge is -2.38. The topological polar surface area (TPSA) is 81.5 Å². The van der Waals surface area contributed by atoms with Crippen molar-refractivity contribution in [1.82, 2.24) is 0 Å². The minimum atomic E-state index is -0.479. The molecule has 2 aromatic rings. The Hall–Kier alpha value is -2.86. The van der Waals surface area contributed by atoms with Gasteiger partial charge in [-0.15, -0.1) is 0 Å². The Labute approximate surface area is 160 Å². The number of nitro groups is 1. The van der Waals surface area contributed by atoms with Gasteiger partial charge in [-0.25, -0.2) is 4.79 Å². The van der Waals surface area contributed by atoms with Crippen LogP contribution in [0.15, 0.2) is 48.6 Å². The van der Waals surface area contributed by atoms with E-state index in [9.17, 15) is 14.9 Å². The normalized spacial score (nSPS) is 22.5. The van der Waals surface area contributed by atoms with E-state index in [1.807, 2.05) is 12.1 Å². The Kier molecular flexibility index (Phi) is 4.36. The largest absolute Gasteiger partial charge is 0.465 e. The summed E-state index contributed by atoms with van der Waals surface area (Å²) in [6, 6.07) is 10.3. The van der Waals surface area contributed by atoms with Crippen LogP contribution < -0.4 is 5.32 Å². The van der Waals surface area contributed by atoms with E-state index in [0.717, 1.165) is 23.2 Å². The van der Waals surface area contributed by atoms with E-state index in [1.165, 1.54) is 13.2 Å². The molecule has 0 fully saturated rings. The molecular formula is C20H17ClN2O4. The molecule has 2 aromatic carbocycles. The Balaban J connectivity index is 1.83. The Morgan fingerprint density at radius 2 is 2.15 bits per heavy atom. The van der Waals surface area contributed by atoms with Crippen molar-refractivity contribution in [2.45, 2.75) is 18.4 Å². The Bertz CT molecular complexity index is 972. The van der Waals surface area contributed by atoms with Gasteiger partial charge in [0.1, 0.15) is 5.02 Å². The monoisotopic (exact) mass is 384 g/mol. The fourth-order valence-corrected chi connectivity index (χ4v) is 4.28.